The van der Waals surface area contributed by atoms with Crippen molar-refractivity contribution < 1.29 is 14.3 Å². The van der Waals surface area contributed by atoms with Gasteiger partial charge in [0.1, 0.15) is 17.2 Å². The molecule has 5 nitrogen and oxygen atoms in total. The van der Waals surface area contributed by atoms with Crippen molar-refractivity contribution in [2.24, 2.45) is 0 Å². The standard InChI is InChI=1S/C14H16N2O3/c1-4-16-13(5-6-15-16)14(17)10-7-11(18-2)9-12(8-10)19-3/h5-9H,4H2,1-3H3. The molecule has 0 bridgehead atoms. The average molecular weight is 260 g/mol. The zero-order valence-corrected chi connectivity index (χ0v) is 11.2. The second-order valence-corrected chi connectivity index (χ2v) is 3.96. The number of ketones is 1. The highest BCUT2D eigenvalue weighted by molar-refractivity contribution is 6.08. The summed E-state index contributed by atoms with van der Waals surface area (Å²) in [5, 5.41) is 4.10. The summed E-state index contributed by atoms with van der Waals surface area (Å²) in [6.45, 7) is 2.59. The van der Waals surface area contributed by atoms with Crippen LogP contribution in [0.4, 0.5) is 0 Å². The largest absolute Gasteiger partial charge is 0.497 e. The lowest BCUT2D eigenvalue weighted by Crippen LogP contribution is -2.10. The highest BCUT2D eigenvalue weighted by atomic mass is 16.5. The zero-order chi connectivity index (χ0) is 13.8. The van der Waals surface area contributed by atoms with Crippen molar-refractivity contribution in [1.82, 2.24) is 9.78 Å². The van der Waals surface area contributed by atoms with Crippen molar-refractivity contribution in [3.63, 3.8) is 0 Å². The minimum atomic E-state index is -0.100. The Hall–Kier alpha value is -2.30. The van der Waals surface area contributed by atoms with Gasteiger partial charge in [0.05, 0.1) is 14.2 Å². The summed E-state index contributed by atoms with van der Waals surface area (Å²) in [7, 11) is 3.11. The van der Waals surface area contributed by atoms with Gasteiger partial charge in [-0.25, -0.2) is 0 Å². The zero-order valence-electron chi connectivity index (χ0n) is 11.2. The second-order valence-electron chi connectivity index (χ2n) is 3.96. The maximum atomic E-state index is 12.5. The molecule has 100 valence electrons. The molecule has 0 aliphatic carbocycles. The molecule has 0 aliphatic rings. The molecule has 2 aromatic rings. The number of aryl methyl sites for hydroxylation is 1. The lowest BCUT2D eigenvalue weighted by atomic mass is 10.1. The maximum Gasteiger partial charge on any atom is 0.211 e. The van der Waals surface area contributed by atoms with Gasteiger partial charge in [-0.1, -0.05) is 0 Å². The molecule has 1 aromatic carbocycles. The van der Waals surface area contributed by atoms with Gasteiger partial charge in [-0.3, -0.25) is 9.48 Å². The van der Waals surface area contributed by atoms with Gasteiger partial charge in [0.2, 0.25) is 5.78 Å². The van der Waals surface area contributed by atoms with E-state index in [4.69, 9.17) is 9.47 Å². The monoisotopic (exact) mass is 260 g/mol. The van der Waals surface area contributed by atoms with E-state index in [9.17, 15) is 4.79 Å². The predicted molar refractivity (Wildman–Crippen MR) is 70.9 cm³/mol. The number of ether oxygens (including phenoxy) is 2. The SMILES string of the molecule is CCn1nccc1C(=O)c1cc(OC)cc(OC)c1. The highest BCUT2D eigenvalue weighted by Crippen LogP contribution is 2.24. The van der Waals surface area contributed by atoms with E-state index < -0.39 is 0 Å². The summed E-state index contributed by atoms with van der Waals surface area (Å²) in [4.78, 5) is 12.5. The van der Waals surface area contributed by atoms with Crippen LogP contribution in [0.1, 0.15) is 23.0 Å². The first-order valence-electron chi connectivity index (χ1n) is 5.99. The van der Waals surface area contributed by atoms with Crippen molar-refractivity contribution in [1.29, 1.82) is 0 Å². The van der Waals surface area contributed by atoms with E-state index in [0.29, 0.717) is 29.3 Å². The molecule has 0 amide bonds. The molecule has 0 N–H and O–H groups in total. The fourth-order valence-corrected chi connectivity index (χ4v) is 1.86. The van der Waals surface area contributed by atoms with Gasteiger partial charge < -0.3 is 9.47 Å². The molecule has 0 fully saturated rings. The number of benzene rings is 1. The van der Waals surface area contributed by atoms with Gasteiger partial charge in [0, 0.05) is 24.4 Å². The third-order valence-electron chi connectivity index (χ3n) is 2.86. The van der Waals surface area contributed by atoms with Crippen LogP contribution in [0, 0.1) is 0 Å². The van der Waals surface area contributed by atoms with Gasteiger partial charge in [-0.15, -0.1) is 0 Å². The van der Waals surface area contributed by atoms with Crippen LogP contribution in [-0.2, 0) is 6.54 Å². The highest BCUT2D eigenvalue weighted by Gasteiger charge is 2.15. The van der Waals surface area contributed by atoms with Crippen molar-refractivity contribution >= 4 is 5.78 Å². The van der Waals surface area contributed by atoms with Gasteiger partial charge in [-0.2, -0.15) is 5.10 Å². The molecule has 1 heterocycles. The molecule has 0 saturated carbocycles. The Morgan fingerprint density at radius 1 is 1.21 bits per heavy atom. The number of carbonyl (C=O) groups excluding carboxylic acids is 1. The van der Waals surface area contributed by atoms with E-state index in [1.54, 1.807) is 49.4 Å². The van der Waals surface area contributed by atoms with Crippen LogP contribution in [0.3, 0.4) is 0 Å². The Labute approximate surface area is 111 Å². The summed E-state index contributed by atoms with van der Waals surface area (Å²) in [6, 6.07) is 6.82. The number of aromatic nitrogens is 2. The maximum absolute atomic E-state index is 12.5. The van der Waals surface area contributed by atoms with Crippen LogP contribution in [-0.4, -0.2) is 29.8 Å². The number of rotatable bonds is 5. The molecule has 0 spiro atoms. The summed E-state index contributed by atoms with van der Waals surface area (Å²) in [5.41, 5.74) is 1.07. The molecular formula is C14H16N2O3. The lowest BCUT2D eigenvalue weighted by molar-refractivity contribution is 0.102. The molecule has 0 radical (unpaired) electrons. The first kappa shape index (κ1) is 13.1. The summed E-state index contributed by atoms with van der Waals surface area (Å²) < 4.78 is 12.0. The van der Waals surface area contributed by atoms with Crippen molar-refractivity contribution in [3.05, 3.63) is 41.7 Å². The Kier molecular flexibility index (Phi) is 3.85. The van der Waals surface area contributed by atoms with Crippen molar-refractivity contribution in [2.45, 2.75) is 13.5 Å². The molecular weight excluding hydrogens is 244 g/mol. The lowest BCUT2D eigenvalue weighted by Gasteiger charge is -2.08. The normalized spacial score (nSPS) is 10.3. The van der Waals surface area contributed by atoms with E-state index >= 15 is 0 Å². The Bertz CT molecular complexity index is 568. The van der Waals surface area contributed by atoms with Crippen LogP contribution in [0.5, 0.6) is 11.5 Å². The minimum absolute atomic E-state index is 0.100. The molecule has 19 heavy (non-hydrogen) atoms. The van der Waals surface area contributed by atoms with E-state index in [1.807, 2.05) is 6.92 Å². The van der Waals surface area contributed by atoms with Gasteiger partial charge >= 0.3 is 0 Å². The smallest absolute Gasteiger partial charge is 0.211 e. The second kappa shape index (κ2) is 5.56. The fraction of sp³-hybridized carbons (Fsp3) is 0.286. The summed E-state index contributed by atoms with van der Waals surface area (Å²) in [5.74, 6) is 1.08. The van der Waals surface area contributed by atoms with Gasteiger partial charge in [-0.05, 0) is 25.1 Å². The quantitative estimate of drug-likeness (QED) is 0.773. The van der Waals surface area contributed by atoms with E-state index in [2.05, 4.69) is 5.10 Å². The number of hydrogen-bond acceptors (Lipinski definition) is 4. The first-order chi connectivity index (χ1) is 9.19. The van der Waals surface area contributed by atoms with E-state index in [-0.39, 0.29) is 5.78 Å². The van der Waals surface area contributed by atoms with Crippen molar-refractivity contribution in [3.8, 4) is 11.5 Å². The Morgan fingerprint density at radius 2 is 1.84 bits per heavy atom. The molecule has 5 heteroatoms. The topological polar surface area (TPSA) is 53.4 Å². The van der Waals surface area contributed by atoms with Crippen LogP contribution in [0.15, 0.2) is 30.5 Å². The fourth-order valence-electron chi connectivity index (χ4n) is 1.86. The predicted octanol–water partition coefficient (Wildman–Crippen LogP) is 2.15. The average Bonchev–Trinajstić information content (AvgIpc) is 2.94. The molecule has 0 atom stereocenters. The van der Waals surface area contributed by atoms with Crippen molar-refractivity contribution in [2.75, 3.05) is 14.2 Å². The number of nitrogens with zero attached hydrogens (tertiary/aromatic N) is 2. The van der Waals surface area contributed by atoms with Crippen LogP contribution < -0.4 is 9.47 Å². The van der Waals surface area contributed by atoms with Gasteiger partial charge in [0.15, 0.2) is 0 Å². The van der Waals surface area contributed by atoms with Gasteiger partial charge in [0.25, 0.3) is 0 Å². The van der Waals surface area contributed by atoms with Crippen LogP contribution in [0.2, 0.25) is 0 Å². The molecule has 0 saturated heterocycles. The molecule has 0 unspecified atom stereocenters. The Balaban J connectivity index is 2.43. The van der Waals surface area contributed by atoms with E-state index in [0.717, 1.165) is 0 Å². The summed E-state index contributed by atoms with van der Waals surface area (Å²) >= 11 is 0. The van der Waals surface area contributed by atoms with Crippen LogP contribution >= 0.6 is 0 Å². The van der Waals surface area contributed by atoms with E-state index in [1.165, 1.54) is 0 Å². The van der Waals surface area contributed by atoms with Crippen LogP contribution in [0.25, 0.3) is 0 Å². The first-order valence-corrected chi connectivity index (χ1v) is 5.99. The molecule has 0 aliphatic heterocycles. The number of methoxy groups -OCH3 is 2. The summed E-state index contributed by atoms with van der Waals surface area (Å²) in [6.07, 6.45) is 1.62. The third kappa shape index (κ3) is 2.59. The molecule has 1 aromatic heterocycles. The molecule has 2 rings (SSSR count). The Morgan fingerprint density at radius 3 is 2.37 bits per heavy atom. The number of carbonyl (C=O) groups is 1. The third-order valence-corrected chi connectivity index (χ3v) is 2.86. The number of hydrogen-bond donors (Lipinski definition) is 0. The minimum Gasteiger partial charge on any atom is -0.497 e.